The molecule has 0 radical (unpaired) electrons. The third-order valence-electron chi connectivity index (χ3n) is 6.79. The van der Waals surface area contributed by atoms with Crippen molar-refractivity contribution in [2.75, 3.05) is 26.8 Å². The van der Waals surface area contributed by atoms with Gasteiger partial charge in [0, 0.05) is 18.3 Å². The molecule has 0 amide bonds. The lowest BCUT2D eigenvalue weighted by Crippen LogP contribution is -2.32. The molecule has 4 atom stereocenters. The lowest BCUT2D eigenvalue weighted by atomic mass is 9.95. The molecule has 0 aromatic heterocycles. The predicted octanol–water partition coefficient (Wildman–Crippen LogP) is 4.45. The zero-order chi connectivity index (χ0) is 27.5. The average Bonchev–Trinajstić information content (AvgIpc) is 3.25. The molecule has 210 valence electrons. The van der Waals surface area contributed by atoms with Gasteiger partial charge in [-0.15, -0.1) is 0 Å². The number of benzene rings is 3. The molecule has 0 unspecified atom stereocenters. The summed E-state index contributed by atoms with van der Waals surface area (Å²) in [5, 5.41) is 10.8. The van der Waals surface area contributed by atoms with Crippen LogP contribution in [0.1, 0.15) is 23.1 Å². The largest absolute Gasteiger partial charge is 0.393 e. The Bertz CT molecular complexity index is 1220. The molecule has 3 aromatic carbocycles. The van der Waals surface area contributed by atoms with E-state index in [0.717, 1.165) is 16.7 Å². The minimum atomic E-state index is -3.98. The summed E-state index contributed by atoms with van der Waals surface area (Å²) in [5.74, 6) is -0.840. The van der Waals surface area contributed by atoms with Crippen LogP contribution in [0.2, 0.25) is 0 Å². The standard InChI is InChI=1S/C30H36O8S/c1-23-12-14-26(15-13-23)39(32,33)38-20-27-28(19-36-21-34-17-24-8-4-2-5-9-24)30(16-29(27)31)37-22-35-18-25-10-6-3-7-11-25/h2-15,27-31H,16-22H2,1H3/t27-,28-,29+,30-/m0/s1. The first-order valence-electron chi connectivity index (χ1n) is 13.0. The van der Waals surface area contributed by atoms with E-state index in [1.807, 2.05) is 67.6 Å². The van der Waals surface area contributed by atoms with Gasteiger partial charge in [0.25, 0.3) is 10.1 Å². The van der Waals surface area contributed by atoms with Gasteiger partial charge in [0.1, 0.15) is 13.6 Å². The predicted molar refractivity (Wildman–Crippen MR) is 145 cm³/mol. The molecule has 9 heteroatoms. The van der Waals surface area contributed by atoms with Gasteiger partial charge in [0.05, 0.1) is 43.5 Å². The highest BCUT2D eigenvalue weighted by atomic mass is 32.2. The van der Waals surface area contributed by atoms with E-state index in [1.165, 1.54) is 12.1 Å². The highest BCUT2D eigenvalue weighted by Crippen LogP contribution is 2.36. The zero-order valence-electron chi connectivity index (χ0n) is 22.1. The molecule has 0 bridgehead atoms. The van der Waals surface area contributed by atoms with Crippen LogP contribution in [-0.2, 0) is 46.5 Å². The molecule has 1 aliphatic carbocycles. The Morgan fingerprint density at radius 2 is 1.33 bits per heavy atom. The second-order valence-corrected chi connectivity index (χ2v) is 11.3. The zero-order valence-corrected chi connectivity index (χ0v) is 22.9. The van der Waals surface area contributed by atoms with E-state index < -0.39 is 28.2 Å². The maximum atomic E-state index is 12.8. The Labute approximate surface area is 230 Å². The van der Waals surface area contributed by atoms with Crippen molar-refractivity contribution in [2.24, 2.45) is 11.8 Å². The summed E-state index contributed by atoms with van der Waals surface area (Å²) in [7, 11) is -3.98. The number of hydrogen-bond acceptors (Lipinski definition) is 8. The highest BCUT2D eigenvalue weighted by Gasteiger charge is 2.44. The summed E-state index contributed by atoms with van der Waals surface area (Å²) >= 11 is 0. The van der Waals surface area contributed by atoms with E-state index in [9.17, 15) is 13.5 Å². The molecule has 4 rings (SSSR count). The van der Waals surface area contributed by atoms with Gasteiger partial charge in [-0.05, 0) is 30.2 Å². The molecule has 1 N–H and O–H groups in total. The van der Waals surface area contributed by atoms with E-state index in [1.54, 1.807) is 12.1 Å². The Balaban J connectivity index is 1.33. The Morgan fingerprint density at radius 1 is 0.744 bits per heavy atom. The van der Waals surface area contributed by atoms with Crippen LogP contribution in [0.3, 0.4) is 0 Å². The fourth-order valence-corrected chi connectivity index (χ4v) is 5.53. The number of aliphatic hydroxyl groups excluding tert-OH is 1. The normalized spacial score (nSPS) is 21.3. The second-order valence-electron chi connectivity index (χ2n) is 9.66. The molecular formula is C30H36O8S. The molecule has 0 aliphatic heterocycles. The van der Waals surface area contributed by atoms with Gasteiger partial charge >= 0.3 is 0 Å². The Hall–Kier alpha value is -2.63. The van der Waals surface area contributed by atoms with Crippen molar-refractivity contribution in [3.05, 3.63) is 102 Å². The Kier molecular flexibility index (Phi) is 11.0. The van der Waals surface area contributed by atoms with Gasteiger partial charge in [-0.1, -0.05) is 78.4 Å². The van der Waals surface area contributed by atoms with Gasteiger partial charge in [-0.25, -0.2) is 0 Å². The van der Waals surface area contributed by atoms with Crippen molar-refractivity contribution < 1.29 is 36.7 Å². The first-order valence-corrected chi connectivity index (χ1v) is 14.4. The van der Waals surface area contributed by atoms with Crippen molar-refractivity contribution in [3.8, 4) is 0 Å². The molecule has 39 heavy (non-hydrogen) atoms. The SMILES string of the molecule is Cc1ccc(S(=O)(=O)OC[C@H]2[C@H](COCOCc3ccccc3)[C@@H](OCOCc3ccccc3)C[C@H]2O)cc1. The number of hydrogen-bond donors (Lipinski definition) is 1. The molecule has 1 fully saturated rings. The summed E-state index contributed by atoms with van der Waals surface area (Å²) in [6, 6.07) is 26.0. The highest BCUT2D eigenvalue weighted by molar-refractivity contribution is 7.86. The fourth-order valence-electron chi connectivity index (χ4n) is 4.59. The van der Waals surface area contributed by atoms with Crippen LogP contribution in [0.25, 0.3) is 0 Å². The average molecular weight is 557 g/mol. The molecular weight excluding hydrogens is 520 g/mol. The molecule has 3 aromatic rings. The first-order chi connectivity index (χ1) is 18.9. The Morgan fingerprint density at radius 3 is 1.95 bits per heavy atom. The molecule has 1 saturated carbocycles. The third-order valence-corrected chi connectivity index (χ3v) is 8.08. The summed E-state index contributed by atoms with van der Waals surface area (Å²) in [4.78, 5) is 0.0739. The van der Waals surface area contributed by atoms with E-state index in [-0.39, 0.29) is 37.6 Å². The lowest BCUT2D eigenvalue weighted by Gasteiger charge is -2.25. The third kappa shape index (κ3) is 8.94. The summed E-state index contributed by atoms with van der Waals surface area (Å²) < 4.78 is 54.0. The number of rotatable bonds is 15. The van der Waals surface area contributed by atoms with Crippen LogP contribution in [0.4, 0.5) is 0 Å². The molecule has 8 nitrogen and oxygen atoms in total. The van der Waals surface area contributed by atoms with Crippen LogP contribution < -0.4 is 0 Å². The molecule has 1 aliphatic rings. The van der Waals surface area contributed by atoms with Gasteiger partial charge in [-0.3, -0.25) is 4.18 Å². The van der Waals surface area contributed by atoms with Crippen molar-refractivity contribution in [3.63, 3.8) is 0 Å². The summed E-state index contributed by atoms with van der Waals surface area (Å²) in [6.45, 7) is 2.77. The van der Waals surface area contributed by atoms with Crippen LogP contribution in [0, 0.1) is 18.8 Å². The van der Waals surface area contributed by atoms with E-state index in [0.29, 0.717) is 19.6 Å². The maximum Gasteiger partial charge on any atom is 0.296 e. The van der Waals surface area contributed by atoms with Crippen LogP contribution >= 0.6 is 0 Å². The van der Waals surface area contributed by atoms with Gasteiger partial charge in [0.2, 0.25) is 0 Å². The first kappa shape index (κ1) is 29.4. The van der Waals surface area contributed by atoms with Crippen LogP contribution in [-0.4, -0.2) is 52.5 Å². The van der Waals surface area contributed by atoms with Crippen molar-refractivity contribution in [2.45, 2.75) is 43.7 Å². The van der Waals surface area contributed by atoms with Crippen LogP contribution in [0.15, 0.2) is 89.8 Å². The number of ether oxygens (including phenoxy) is 4. The number of aryl methyl sites for hydroxylation is 1. The summed E-state index contributed by atoms with van der Waals surface area (Å²) in [5.41, 5.74) is 3.00. The monoisotopic (exact) mass is 556 g/mol. The van der Waals surface area contributed by atoms with Crippen LogP contribution in [0.5, 0.6) is 0 Å². The molecule has 0 heterocycles. The minimum absolute atomic E-state index is 0.0303. The molecule has 0 spiro atoms. The smallest absolute Gasteiger partial charge is 0.296 e. The summed E-state index contributed by atoms with van der Waals surface area (Å²) in [6.07, 6.45) is -0.914. The quantitative estimate of drug-likeness (QED) is 0.167. The van der Waals surface area contributed by atoms with E-state index >= 15 is 0 Å². The van der Waals surface area contributed by atoms with Crippen molar-refractivity contribution in [1.29, 1.82) is 0 Å². The second kappa shape index (κ2) is 14.7. The van der Waals surface area contributed by atoms with Gasteiger partial charge in [-0.2, -0.15) is 8.42 Å². The maximum absolute atomic E-state index is 12.8. The molecule has 0 saturated heterocycles. The van der Waals surface area contributed by atoms with Gasteiger partial charge < -0.3 is 24.1 Å². The van der Waals surface area contributed by atoms with Crippen molar-refractivity contribution >= 4 is 10.1 Å². The van der Waals surface area contributed by atoms with Gasteiger partial charge in [0.15, 0.2) is 0 Å². The van der Waals surface area contributed by atoms with E-state index in [4.69, 9.17) is 23.1 Å². The topological polar surface area (TPSA) is 101 Å². The minimum Gasteiger partial charge on any atom is -0.393 e. The fraction of sp³-hybridized carbons (Fsp3) is 0.400. The van der Waals surface area contributed by atoms with Crippen molar-refractivity contribution in [1.82, 2.24) is 0 Å². The van der Waals surface area contributed by atoms with E-state index in [2.05, 4.69) is 0 Å². The number of aliphatic hydroxyl groups is 1. The lowest BCUT2D eigenvalue weighted by molar-refractivity contribution is -0.131.